The number of nitriles is 1. The Labute approximate surface area is 194 Å². The number of halogens is 1. The number of amides is 1. The van der Waals surface area contributed by atoms with Crippen LogP contribution in [0.5, 0.6) is 0 Å². The van der Waals surface area contributed by atoms with Crippen molar-refractivity contribution in [2.24, 2.45) is 0 Å². The van der Waals surface area contributed by atoms with E-state index in [9.17, 15) is 9.59 Å². The lowest BCUT2D eigenvalue weighted by Crippen LogP contribution is -2.35. The summed E-state index contributed by atoms with van der Waals surface area (Å²) in [7, 11) is 0. The van der Waals surface area contributed by atoms with E-state index in [2.05, 4.69) is 10.2 Å². The standard InChI is InChI=1S/C22H20ClN5O3S/c1-16-8-9-18(12-19(16)23)28-15-25-26-22(28)32-14-21(30)31-13-20(29)27(11-5-10-24)17-6-3-2-4-7-17/h2-4,6-9,12,15H,5,11,13-14H2,1H3. The van der Waals surface area contributed by atoms with Gasteiger partial charge in [-0.25, -0.2) is 0 Å². The second-order valence-electron chi connectivity index (χ2n) is 6.66. The van der Waals surface area contributed by atoms with Crippen LogP contribution in [-0.2, 0) is 14.3 Å². The number of benzene rings is 2. The van der Waals surface area contributed by atoms with Crippen LogP contribution in [0, 0.1) is 18.3 Å². The van der Waals surface area contributed by atoms with Crippen molar-refractivity contribution < 1.29 is 14.3 Å². The minimum Gasteiger partial charge on any atom is -0.455 e. The Hall–Kier alpha value is -3.35. The molecule has 0 saturated carbocycles. The number of thioether (sulfide) groups is 1. The molecule has 1 amide bonds. The van der Waals surface area contributed by atoms with Crippen molar-refractivity contribution in [2.75, 3.05) is 23.8 Å². The average Bonchev–Trinajstić information content (AvgIpc) is 3.27. The average molecular weight is 470 g/mol. The van der Waals surface area contributed by atoms with E-state index >= 15 is 0 Å². The molecule has 0 radical (unpaired) electrons. The first-order valence-corrected chi connectivity index (χ1v) is 11.0. The van der Waals surface area contributed by atoms with Gasteiger partial charge < -0.3 is 9.64 Å². The van der Waals surface area contributed by atoms with Crippen molar-refractivity contribution >= 4 is 40.9 Å². The van der Waals surface area contributed by atoms with Crippen LogP contribution in [-0.4, -0.2) is 45.5 Å². The predicted molar refractivity (Wildman–Crippen MR) is 122 cm³/mol. The largest absolute Gasteiger partial charge is 0.455 e. The highest BCUT2D eigenvalue weighted by Gasteiger charge is 2.18. The summed E-state index contributed by atoms with van der Waals surface area (Å²) >= 11 is 7.34. The van der Waals surface area contributed by atoms with Crippen LogP contribution < -0.4 is 4.90 Å². The number of anilines is 1. The number of esters is 1. The Kier molecular flexibility index (Phi) is 8.25. The highest BCUT2D eigenvalue weighted by molar-refractivity contribution is 7.99. The van der Waals surface area contributed by atoms with Gasteiger partial charge in [0.05, 0.1) is 23.9 Å². The highest BCUT2D eigenvalue weighted by atomic mass is 35.5. The molecule has 8 nitrogen and oxygen atoms in total. The molecule has 0 spiro atoms. The molecule has 1 heterocycles. The topological polar surface area (TPSA) is 101 Å². The first-order chi connectivity index (χ1) is 15.5. The summed E-state index contributed by atoms with van der Waals surface area (Å²) in [5.41, 5.74) is 2.36. The van der Waals surface area contributed by atoms with E-state index in [1.165, 1.54) is 11.2 Å². The number of ether oxygens (including phenoxy) is 1. The van der Waals surface area contributed by atoms with Crippen LogP contribution in [0.4, 0.5) is 5.69 Å². The van der Waals surface area contributed by atoms with Gasteiger partial charge in [-0.1, -0.05) is 47.6 Å². The maximum absolute atomic E-state index is 12.6. The molecular weight excluding hydrogens is 450 g/mol. The molecule has 0 aliphatic heterocycles. The Morgan fingerprint density at radius 1 is 1.25 bits per heavy atom. The fourth-order valence-electron chi connectivity index (χ4n) is 2.78. The second-order valence-corrected chi connectivity index (χ2v) is 8.01. The maximum Gasteiger partial charge on any atom is 0.316 e. The van der Waals surface area contributed by atoms with Crippen LogP contribution >= 0.6 is 23.4 Å². The number of aromatic nitrogens is 3. The van der Waals surface area contributed by atoms with Crippen molar-refractivity contribution in [2.45, 2.75) is 18.5 Å². The van der Waals surface area contributed by atoms with E-state index in [1.54, 1.807) is 34.9 Å². The molecular formula is C22H20ClN5O3S. The van der Waals surface area contributed by atoms with E-state index < -0.39 is 18.5 Å². The summed E-state index contributed by atoms with van der Waals surface area (Å²) in [5.74, 6) is -1.01. The van der Waals surface area contributed by atoms with Crippen LogP contribution in [0.25, 0.3) is 5.69 Å². The highest BCUT2D eigenvalue weighted by Crippen LogP contribution is 2.24. The third-order valence-electron chi connectivity index (χ3n) is 4.44. The van der Waals surface area contributed by atoms with Gasteiger partial charge in [0.2, 0.25) is 0 Å². The van der Waals surface area contributed by atoms with Gasteiger partial charge in [0, 0.05) is 17.3 Å². The summed E-state index contributed by atoms with van der Waals surface area (Å²) in [6.45, 7) is 1.71. The Morgan fingerprint density at radius 3 is 2.75 bits per heavy atom. The molecule has 3 aromatic rings. The third-order valence-corrected chi connectivity index (χ3v) is 5.77. The van der Waals surface area contributed by atoms with Crippen molar-refractivity contribution in [3.8, 4) is 11.8 Å². The van der Waals surface area contributed by atoms with Crippen molar-refractivity contribution in [1.29, 1.82) is 5.26 Å². The van der Waals surface area contributed by atoms with Gasteiger partial charge >= 0.3 is 5.97 Å². The number of hydrogen-bond acceptors (Lipinski definition) is 7. The molecule has 0 unspecified atom stereocenters. The van der Waals surface area contributed by atoms with E-state index in [4.69, 9.17) is 21.6 Å². The zero-order valence-corrected chi connectivity index (χ0v) is 18.8. The smallest absolute Gasteiger partial charge is 0.316 e. The summed E-state index contributed by atoms with van der Waals surface area (Å²) in [6, 6.07) is 16.5. The van der Waals surface area contributed by atoms with Crippen molar-refractivity contribution in [3.63, 3.8) is 0 Å². The fourth-order valence-corrected chi connectivity index (χ4v) is 3.69. The normalized spacial score (nSPS) is 10.4. The molecule has 2 aromatic carbocycles. The van der Waals surface area contributed by atoms with Gasteiger partial charge in [-0.05, 0) is 36.8 Å². The Morgan fingerprint density at radius 2 is 2.03 bits per heavy atom. The number of hydrogen-bond donors (Lipinski definition) is 0. The monoisotopic (exact) mass is 469 g/mol. The molecule has 0 N–H and O–H groups in total. The molecule has 0 aliphatic carbocycles. The number of carbonyl (C=O) groups is 2. The van der Waals surface area contributed by atoms with E-state index in [0.717, 1.165) is 23.0 Å². The first-order valence-electron chi connectivity index (χ1n) is 9.67. The number of nitrogens with zero attached hydrogens (tertiary/aromatic N) is 5. The summed E-state index contributed by atoms with van der Waals surface area (Å²) in [6.07, 6.45) is 1.70. The van der Waals surface area contributed by atoms with Crippen LogP contribution in [0.15, 0.2) is 60.0 Å². The second kappa shape index (κ2) is 11.3. The summed E-state index contributed by atoms with van der Waals surface area (Å²) < 4.78 is 6.87. The molecule has 0 saturated heterocycles. The molecule has 0 fully saturated rings. The van der Waals surface area contributed by atoms with Gasteiger partial charge in [-0.2, -0.15) is 5.26 Å². The quantitative estimate of drug-likeness (QED) is 0.347. The lowest BCUT2D eigenvalue weighted by Gasteiger charge is -2.21. The number of aryl methyl sites for hydroxylation is 1. The van der Waals surface area contributed by atoms with E-state index in [-0.39, 0.29) is 18.7 Å². The zero-order chi connectivity index (χ0) is 22.9. The van der Waals surface area contributed by atoms with Crippen molar-refractivity contribution in [1.82, 2.24) is 14.8 Å². The van der Waals surface area contributed by atoms with Gasteiger partial charge in [-0.15, -0.1) is 10.2 Å². The maximum atomic E-state index is 12.6. The summed E-state index contributed by atoms with van der Waals surface area (Å²) in [5, 5.41) is 17.9. The molecule has 0 bridgehead atoms. The van der Waals surface area contributed by atoms with Crippen LogP contribution in [0.1, 0.15) is 12.0 Å². The minimum atomic E-state index is -0.562. The molecule has 3 rings (SSSR count). The molecule has 10 heteroatoms. The Bertz CT molecular complexity index is 1130. The lowest BCUT2D eigenvalue weighted by molar-refractivity contribution is -0.145. The number of para-hydroxylation sites is 1. The number of rotatable bonds is 9. The SMILES string of the molecule is Cc1ccc(-n2cnnc2SCC(=O)OCC(=O)N(CCC#N)c2ccccc2)cc1Cl. The van der Waals surface area contributed by atoms with Crippen molar-refractivity contribution in [3.05, 3.63) is 65.4 Å². The van der Waals surface area contributed by atoms with Gasteiger partial charge in [0.25, 0.3) is 5.91 Å². The van der Waals surface area contributed by atoms with Crippen LogP contribution in [0.2, 0.25) is 5.02 Å². The molecule has 164 valence electrons. The van der Waals surface area contributed by atoms with Crippen LogP contribution in [0.3, 0.4) is 0 Å². The molecule has 0 atom stereocenters. The first kappa shape index (κ1) is 23.3. The van der Waals surface area contributed by atoms with Gasteiger partial charge in [0.1, 0.15) is 6.33 Å². The third kappa shape index (κ3) is 6.09. The molecule has 1 aromatic heterocycles. The fraction of sp³-hybridized carbons (Fsp3) is 0.227. The molecule has 0 aliphatic rings. The Balaban J connectivity index is 1.56. The number of carbonyl (C=O) groups excluding carboxylic acids is 2. The predicted octanol–water partition coefficient (Wildman–Crippen LogP) is 3.81. The summed E-state index contributed by atoms with van der Waals surface area (Å²) in [4.78, 5) is 26.2. The van der Waals surface area contributed by atoms with E-state index in [0.29, 0.717) is 15.9 Å². The van der Waals surface area contributed by atoms with E-state index in [1.807, 2.05) is 31.2 Å². The lowest BCUT2D eigenvalue weighted by atomic mass is 10.2. The minimum absolute atomic E-state index is 0.0465. The molecule has 32 heavy (non-hydrogen) atoms. The van der Waals surface area contributed by atoms with Gasteiger partial charge in [0.15, 0.2) is 11.8 Å². The van der Waals surface area contributed by atoms with Gasteiger partial charge in [-0.3, -0.25) is 14.2 Å². The zero-order valence-electron chi connectivity index (χ0n) is 17.3.